The summed E-state index contributed by atoms with van der Waals surface area (Å²) in [6.45, 7) is 0. The lowest BCUT2D eigenvalue weighted by Crippen LogP contribution is -2.18. The predicted octanol–water partition coefficient (Wildman–Crippen LogP) is 1.39. The number of carbonyl (C=O) groups excluding carboxylic acids is 1. The Hall–Kier alpha value is -1.86. The Labute approximate surface area is 111 Å². The Morgan fingerprint density at radius 3 is 2.72 bits per heavy atom. The van der Waals surface area contributed by atoms with Gasteiger partial charge in [0.05, 0.1) is 10.0 Å². The van der Waals surface area contributed by atoms with Gasteiger partial charge in [0.15, 0.2) is 5.82 Å². The van der Waals surface area contributed by atoms with Crippen LogP contribution in [-0.2, 0) is 14.4 Å². The number of aromatic nitrogens is 1. The predicted molar refractivity (Wildman–Crippen MR) is 65.1 cm³/mol. The number of amides is 1. The van der Waals surface area contributed by atoms with Crippen LogP contribution in [0.4, 0.5) is 5.82 Å². The van der Waals surface area contributed by atoms with Crippen LogP contribution in [0.1, 0.15) is 5.69 Å². The minimum atomic E-state index is -1.38. The van der Waals surface area contributed by atoms with Crippen LogP contribution >= 0.6 is 23.2 Å². The maximum Gasteiger partial charge on any atom is 0.360 e. The fourth-order valence-corrected chi connectivity index (χ4v) is 1.57. The molecule has 0 radical (unpaired) electrons. The molecule has 1 heterocycles. The molecular formula is C9H7Cl2N3O4. The van der Waals surface area contributed by atoms with Crippen LogP contribution in [0.5, 0.6) is 0 Å². The first-order valence-electron chi connectivity index (χ1n) is 4.42. The topological polar surface area (TPSA) is 101 Å². The summed E-state index contributed by atoms with van der Waals surface area (Å²) < 4.78 is 0. The third-order valence-corrected chi connectivity index (χ3v) is 2.31. The smallest absolute Gasteiger partial charge is 0.360 e. The van der Waals surface area contributed by atoms with E-state index in [1.807, 2.05) is 0 Å². The number of oxime groups is 1. The molecule has 0 atom stereocenters. The SMILES string of the molecule is CO/N=C(\C(=O)O)c1nc(NC=O)c(Cl)cc1Cl. The van der Waals surface area contributed by atoms with Crippen molar-refractivity contribution in [2.45, 2.75) is 0 Å². The molecule has 0 bridgehead atoms. The lowest BCUT2D eigenvalue weighted by atomic mass is 10.2. The van der Waals surface area contributed by atoms with Crippen molar-refractivity contribution in [3.8, 4) is 0 Å². The fraction of sp³-hybridized carbons (Fsp3) is 0.111. The highest BCUT2D eigenvalue weighted by molar-refractivity contribution is 6.47. The number of nitrogens with one attached hydrogen (secondary N) is 1. The lowest BCUT2D eigenvalue weighted by molar-refractivity contribution is -0.129. The molecule has 0 saturated carbocycles. The number of nitrogens with zero attached hydrogens (tertiary/aromatic N) is 2. The van der Waals surface area contributed by atoms with Gasteiger partial charge >= 0.3 is 5.97 Å². The van der Waals surface area contributed by atoms with Gasteiger partial charge in [0, 0.05) is 0 Å². The highest BCUT2D eigenvalue weighted by atomic mass is 35.5. The normalized spacial score (nSPS) is 10.9. The molecule has 1 aromatic rings. The van der Waals surface area contributed by atoms with Crippen molar-refractivity contribution >= 4 is 47.1 Å². The van der Waals surface area contributed by atoms with E-state index in [1.54, 1.807) is 0 Å². The Morgan fingerprint density at radius 1 is 1.56 bits per heavy atom. The summed E-state index contributed by atoms with van der Waals surface area (Å²) in [4.78, 5) is 29.5. The quantitative estimate of drug-likeness (QED) is 0.485. The van der Waals surface area contributed by atoms with E-state index in [-0.39, 0.29) is 21.6 Å². The number of carboxylic acids is 1. The minimum Gasteiger partial charge on any atom is -0.476 e. The number of carbonyl (C=O) groups is 2. The largest absolute Gasteiger partial charge is 0.476 e. The molecule has 18 heavy (non-hydrogen) atoms. The van der Waals surface area contributed by atoms with E-state index in [0.717, 1.165) is 0 Å². The van der Waals surface area contributed by atoms with E-state index in [9.17, 15) is 9.59 Å². The summed E-state index contributed by atoms with van der Waals surface area (Å²) in [6, 6.07) is 1.24. The molecule has 7 nitrogen and oxygen atoms in total. The van der Waals surface area contributed by atoms with Crippen LogP contribution in [0.15, 0.2) is 11.2 Å². The van der Waals surface area contributed by atoms with Gasteiger partial charge in [0.2, 0.25) is 12.1 Å². The molecule has 96 valence electrons. The fourth-order valence-electron chi connectivity index (χ4n) is 1.06. The summed E-state index contributed by atoms with van der Waals surface area (Å²) in [7, 11) is 1.18. The molecule has 1 aromatic heterocycles. The average Bonchev–Trinajstić information content (AvgIpc) is 2.30. The molecule has 0 fully saturated rings. The van der Waals surface area contributed by atoms with Crippen molar-refractivity contribution < 1.29 is 19.5 Å². The van der Waals surface area contributed by atoms with Gasteiger partial charge in [-0.2, -0.15) is 0 Å². The zero-order valence-electron chi connectivity index (χ0n) is 8.98. The third kappa shape index (κ3) is 3.08. The van der Waals surface area contributed by atoms with Crippen molar-refractivity contribution in [3.63, 3.8) is 0 Å². The van der Waals surface area contributed by atoms with Gasteiger partial charge in [-0.3, -0.25) is 4.79 Å². The van der Waals surface area contributed by atoms with Crippen molar-refractivity contribution in [1.82, 2.24) is 4.98 Å². The van der Waals surface area contributed by atoms with Crippen LogP contribution in [-0.4, -0.2) is 35.3 Å². The van der Waals surface area contributed by atoms with Crippen LogP contribution in [0.25, 0.3) is 0 Å². The van der Waals surface area contributed by atoms with Crippen molar-refractivity contribution in [3.05, 3.63) is 21.8 Å². The Bertz CT molecular complexity index is 519. The maximum atomic E-state index is 11.0. The van der Waals surface area contributed by atoms with Gasteiger partial charge in [0.25, 0.3) is 0 Å². The second-order valence-electron chi connectivity index (χ2n) is 2.84. The number of hydrogen-bond acceptors (Lipinski definition) is 5. The number of pyridine rings is 1. The number of carboxylic acid groups (broad SMARTS) is 1. The number of hydrogen-bond donors (Lipinski definition) is 2. The van der Waals surface area contributed by atoms with E-state index in [0.29, 0.717) is 6.41 Å². The molecule has 0 aromatic carbocycles. The number of aliphatic carboxylic acids is 1. The van der Waals surface area contributed by atoms with Gasteiger partial charge in [-0.05, 0) is 6.07 Å². The Kier molecular flexibility index (Phi) is 4.87. The second kappa shape index (κ2) is 6.18. The second-order valence-corrected chi connectivity index (χ2v) is 3.65. The molecule has 1 rings (SSSR count). The van der Waals surface area contributed by atoms with Gasteiger partial charge in [-0.1, -0.05) is 28.4 Å². The Morgan fingerprint density at radius 2 is 2.22 bits per heavy atom. The molecule has 2 N–H and O–H groups in total. The highest BCUT2D eigenvalue weighted by Crippen LogP contribution is 2.26. The molecule has 9 heteroatoms. The third-order valence-electron chi connectivity index (χ3n) is 1.73. The van der Waals surface area contributed by atoms with Gasteiger partial charge in [-0.15, -0.1) is 0 Å². The minimum absolute atomic E-state index is 0.0314. The summed E-state index contributed by atoms with van der Waals surface area (Å²) in [5.41, 5.74) is -0.673. The van der Waals surface area contributed by atoms with Crippen LogP contribution in [0, 0.1) is 0 Å². The van der Waals surface area contributed by atoms with Gasteiger partial charge in [-0.25, -0.2) is 9.78 Å². The average molecular weight is 292 g/mol. The van der Waals surface area contributed by atoms with Gasteiger partial charge < -0.3 is 15.3 Å². The standard InChI is InChI=1S/C9H7Cl2N3O4/c1-18-14-7(9(16)17)6-4(10)2-5(11)8(13-6)12-3-15/h2-3H,1H3,(H,16,17)(H,12,13,15)/b14-7-. The Balaban J connectivity index is 3.38. The number of halogens is 2. The zero-order valence-corrected chi connectivity index (χ0v) is 10.5. The molecule has 0 aliphatic rings. The van der Waals surface area contributed by atoms with Crippen molar-refractivity contribution in [1.29, 1.82) is 0 Å². The van der Waals surface area contributed by atoms with E-state index in [2.05, 4.69) is 20.3 Å². The molecule has 0 aliphatic heterocycles. The molecular weight excluding hydrogens is 285 g/mol. The molecule has 0 spiro atoms. The summed E-state index contributed by atoms with van der Waals surface area (Å²) in [6.07, 6.45) is 0.347. The van der Waals surface area contributed by atoms with Crippen molar-refractivity contribution in [2.24, 2.45) is 5.16 Å². The van der Waals surface area contributed by atoms with Crippen LogP contribution < -0.4 is 5.32 Å². The monoisotopic (exact) mass is 291 g/mol. The first-order chi connectivity index (χ1) is 8.51. The molecule has 0 aliphatic carbocycles. The number of rotatable bonds is 5. The maximum absolute atomic E-state index is 11.0. The molecule has 0 saturated heterocycles. The van der Waals surface area contributed by atoms with E-state index >= 15 is 0 Å². The first kappa shape index (κ1) is 14.2. The van der Waals surface area contributed by atoms with E-state index < -0.39 is 11.7 Å². The highest BCUT2D eigenvalue weighted by Gasteiger charge is 2.21. The van der Waals surface area contributed by atoms with E-state index in [1.165, 1.54) is 13.2 Å². The molecule has 1 amide bonds. The summed E-state index contributed by atoms with van der Waals surface area (Å²) in [5, 5.41) is 14.5. The van der Waals surface area contributed by atoms with Crippen LogP contribution in [0.2, 0.25) is 10.0 Å². The zero-order chi connectivity index (χ0) is 13.7. The van der Waals surface area contributed by atoms with Crippen LogP contribution in [0.3, 0.4) is 0 Å². The first-order valence-corrected chi connectivity index (χ1v) is 5.17. The lowest BCUT2D eigenvalue weighted by Gasteiger charge is -2.07. The van der Waals surface area contributed by atoms with E-state index in [4.69, 9.17) is 28.3 Å². The summed E-state index contributed by atoms with van der Waals surface area (Å²) >= 11 is 11.6. The number of anilines is 1. The summed E-state index contributed by atoms with van der Waals surface area (Å²) in [5.74, 6) is -1.42. The van der Waals surface area contributed by atoms with Gasteiger partial charge in [0.1, 0.15) is 12.8 Å². The molecule has 0 unspecified atom stereocenters. The van der Waals surface area contributed by atoms with Crippen molar-refractivity contribution in [2.75, 3.05) is 12.4 Å².